The Morgan fingerprint density at radius 2 is 2.04 bits per heavy atom. The van der Waals surface area contributed by atoms with Crippen molar-refractivity contribution >= 4 is 11.9 Å². The minimum atomic E-state index is -0.156. The molecule has 5 nitrogen and oxygen atoms in total. The van der Waals surface area contributed by atoms with Crippen molar-refractivity contribution in [1.29, 1.82) is 10.8 Å². The van der Waals surface area contributed by atoms with Gasteiger partial charge in [-0.2, -0.15) is 0 Å². The molecule has 27 heavy (non-hydrogen) atoms. The number of nitrogens with zero attached hydrogens (tertiary/aromatic N) is 1. The van der Waals surface area contributed by atoms with E-state index in [1.807, 2.05) is 38.1 Å². The van der Waals surface area contributed by atoms with Crippen molar-refractivity contribution < 1.29 is 4.74 Å². The second-order valence-corrected chi connectivity index (χ2v) is 6.84. The van der Waals surface area contributed by atoms with E-state index < -0.39 is 0 Å². The van der Waals surface area contributed by atoms with Gasteiger partial charge in [-0.1, -0.05) is 24.0 Å². The molecule has 1 aliphatic rings. The number of aromatic nitrogens is 1. The molecule has 1 aliphatic carbocycles. The molecular formula is C22H23N3O2. The molecule has 0 saturated heterocycles. The summed E-state index contributed by atoms with van der Waals surface area (Å²) in [5, 5.41) is 14.4. The zero-order chi connectivity index (χ0) is 19.4. The summed E-state index contributed by atoms with van der Waals surface area (Å²) in [5.41, 5.74) is 2.71. The summed E-state index contributed by atoms with van der Waals surface area (Å²) >= 11 is 0. The van der Waals surface area contributed by atoms with Gasteiger partial charge in [-0.25, -0.2) is 0 Å². The first kappa shape index (κ1) is 18.7. The second-order valence-electron chi connectivity index (χ2n) is 6.84. The summed E-state index contributed by atoms with van der Waals surface area (Å²) in [6.07, 6.45) is 3.36. The van der Waals surface area contributed by atoms with Crippen LogP contribution in [0, 0.1) is 35.5 Å². The maximum atomic E-state index is 12.6. The number of nitrogens with one attached hydrogen (secondary N) is 2. The van der Waals surface area contributed by atoms with Crippen molar-refractivity contribution in [1.82, 2.24) is 4.57 Å². The summed E-state index contributed by atoms with van der Waals surface area (Å²) in [6, 6.07) is 11.1. The Kier molecular flexibility index (Phi) is 5.56. The molecule has 1 saturated carbocycles. The molecule has 3 rings (SSSR count). The average Bonchev–Trinajstić information content (AvgIpc) is 3.48. The van der Waals surface area contributed by atoms with Crippen LogP contribution in [0.15, 0.2) is 41.2 Å². The Bertz CT molecular complexity index is 973. The molecule has 0 aliphatic heterocycles. The van der Waals surface area contributed by atoms with Crippen molar-refractivity contribution in [3.63, 3.8) is 0 Å². The molecule has 2 aromatic rings. The Morgan fingerprint density at radius 1 is 1.33 bits per heavy atom. The lowest BCUT2D eigenvalue weighted by molar-refractivity contribution is 0.374. The Balaban J connectivity index is 1.78. The van der Waals surface area contributed by atoms with Gasteiger partial charge in [-0.3, -0.25) is 4.79 Å². The monoisotopic (exact) mass is 361 g/mol. The van der Waals surface area contributed by atoms with Crippen LogP contribution in [0.2, 0.25) is 0 Å². The second kappa shape index (κ2) is 8.05. The van der Waals surface area contributed by atoms with Gasteiger partial charge in [-0.15, -0.1) is 0 Å². The summed E-state index contributed by atoms with van der Waals surface area (Å²) in [5.74, 6) is 7.45. The van der Waals surface area contributed by atoms with E-state index >= 15 is 0 Å². The van der Waals surface area contributed by atoms with Gasteiger partial charge in [0, 0.05) is 29.5 Å². The third kappa shape index (κ3) is 4.73. The van der Waals surface area contributed by atoms with Crippen LogP contribution in [0.4, 0.5) is 0 Å². The first-order valence-corrected chi connectivity index (χ1v) is 9.03. The lowest BCUT2D eigenvalue weighted by Crippen LogP contribution is -2.26. The fourth-order valence-electron chi connectivity index (χ4n) is 2.87. The molecule has 138 valence electrons. The molecule has 0 spiro atoms. The minimum absolute atomic E-state index is 0.0225. The first-order valence-electron chi connectivity index (χ1n) is 9.03. The van der Waals surface area contributed by atoms with E-state index in [4.69, 9.17) is 15.6 Å². The topological polar surface area (TPSA) is 78.9 Å². The van der Waals surface area contributed by atoms with E-state index in [1.54, 1.807) is 10.6 Å². The first-order chi connectivity index (χ1) is 13.0. The predicted octanol–water partition coefficient (Wildman–Crippen LogP) is 3.58. The summed E-state index contributed by atoms with van der Waals surface area (Å²) in [4.78, 5) is 12.6. The van der Waals surface area contributed by atoms with Crippen LogP contribution in [0.25, 0.3) is 0 Å². The maximum absolute atomic E-state index is 12.6. The van der Waals surface area contributed by atoms with E-state index in [-0.39, 0.29) is 23.9 Å². The quantitative estimate of drug-likeness (QED) is 0.609. The fraction of sp³-hybridized carbons (Fsp3) is 0.318. The number of pyridine rings is 1. The van der Waals surface area contributed by atoms with E-state index in [9.17, 15) is 4.79 Å². The zero-order valence-electron chi connectivity index (χ0n) is 15.6. The number of hydrogen-bond donors (Lipinski definition) is 2. The van der Waals surface area contributed by atoms with Crippen LogP contribution in [0.1, 0.15) is 42.6 Å². The van der Waals surface area contributed by atoms with E-state index in [0.29, 0.717) is 11.7 Å². The molecule has 1 fully saturated rings. The molecular weight excluding hydrogens is 338 g/mol. The van der Waals surface area contributed by atoms with Gasteiger partial charge in [0.05, 0.1) is 11.8 Å². The van der Waals surface area contributed by atoms with Gasteiger partial charge in [0.2, 0.25) is 0 Å². The van der Waals surface area contributed by atoms with E-state index in [2.05, 4.69) is 11.8 Å². The van der Waals surface area contributed by atoms with Crippen molar-refractivity contribution in [3.05, 3.63) is 63.6 Å². The highest BCUT2D eigenvalue weighted by Crippen LogP contribution is 2.27. The number of rotatable bonds is 6. The SMILES string of the molecule is Cc1cc(OCC(=N)C=N)cc(=O)n1[C@H](C)c1ccc(C#CC2CC2)cc1. The molecule has 0 unspecified atom stereocenters. The Morgan fingerprint density at radius 3 is 2.63 bits per heavy atom. The fourth-order valence-corrected chi connectivity index (χ4v) is 2.87. The molecule has 1 aromatic heterocycles. The van der Waals surface area contributed by atoms with Crippen molar-refractivity contribution in [2.24, 2.45) is 5.92 Å². The highest BCUT2D eigenvalue weighted by molar-refractivity contribution is 6.28. The highest BCUT2D eigenvalue weighted by Gasteiger charge is 2.17. The summed E-state index contributed by atoms with van der Waals surface area (Å²) in [7, 11) is 0. The van der Waals surface area contributed by atoms with Crippen LogP contribution < -0.4 is 10.3 Å². The largest absolute Gasteiger partial charge is 0.487 e. The van der Waals surface area contributed by atoms with Gasteiger partial charge in [0.15, 0.2) is 0 Å². The van der Waals surface area contributed by atoms with Gasteiger partial charge < -0.3 is 20.1 Å². The lowest BCUT2D eigenvalue weighted by Gasteiger charge is -2.19. The number of ether oxygens (including phenoxy) is 1. The summed E-state index contributed by atoms with van der Waals surface area (Å²) in [6.45, 7) is 3.83. The van der Waals surface area contributed by atoms with E-state index in [1.165, 1.54) is 18.9 Å². The zero-order valence-corrected chi connectivity index (χ0v) is 15.6. The van der Waals surface area contributed by atoms with Gasteiger partial charge in [-0.05, 0) is 50.5 Å². The Hall–Kier alpha value is -3.13. The third-order valence-corrected chi connectivity index (χ3v) is 4.58. The third-order valence-electron chi connectivity index (χ3n) is 4.58. The average molecular weight is 361 g/mol. The van der Waals surface area contributed by atoms with Crippen LogP contribution >= 0.6 is 0 Å². The van der Waals surface area contributed by atoms with Gasteiger partial charge in [0.25, 0.3) is 5.56 Å². The summed E-state index contributed by atoms with van der Waals surface area (Å²) < 4.78 is 7.15. The minimum Gasteiger partial charge on any atom is -0.487 e. The molecule has 1 heterocycles. The van der Waals surface area contributed by atoms with Gasteiger partial charge >= 0.3 is 0 Å². The van der Waals surface area contributed by atoms with Crippen LogP contribution in [-0.2, 0) is 0 Å². The van der Waals surface area contributed by atoms with Gasteiger partial charge in [0.1, 0.15) is 12.4 Å². The Labute approximate surface area is 159 Å². The van der Waals surface area contributed by atoms with E-state index in [0.717, 1.165) is 23.0 Å². The molecule has 2 N–H and O–H groups in total. The predicted molar refractivity (Wildman–Crippen MR) is 107 cm³/mol. The highest BCUT2D eigenvalue weighted by atomic mass is 16.5. The molecule has 0 amide bonds. The van der Waals surface area contributed by atoms with Crippen molar-refractivity contribution in [2.75, 3.05) is 6.61 Å². The molecule has 0 radical (unpaired) electrons. The smallest absolute Gasteiger partial charge is 0.254 e. The molecule has 0 bridgehead atoms. The number of hydrogen-bond acceptors (Lipinski definition) is 4. The standard InChI is InChI=1S/C22H23N3O2/c1-15-11-21(27-14-20(24)13-23)12-22(26)25(15)16(2)19-9-7-18(8-10-19)6-5-17-3-4-17/h7-13,16-17,23-24H,3-4,14H2,1-2H3/t16-/m1/s1. The molecule has 5 heteroatoms. The van der Waals surface area contributed by atoms with Crippen molar-refractivity contribution in [2.45, 2.75) is 32.7 Å². The van der Waals surface area contributed by atoms with Crippen LogP contribution in [0.3, 0.4) is 0 Å². The maximum Gasteiger partial charge on any atom is 0.254 e. The van der Waals surface area contributed by atoms with Crippen molar-refractivity contribution in [3.8, 4) is 17.6 Å². The van der Waals surface area contributed by atoms with Crippen LogP contribution in [0.5, 0.6) is 5.75 Å². The normalized spacial score (nSPS) is 14.0. The number of benzene rings is 1. The number of aryl methyl sites for hydroxylation is 1. The molecule has 1 aromatic carbocycles. The van der Waals surface area contributed by atoms with Crippen LogP contribution in [-0.4, -0.2) is 23.1 Å². The lowest BCUT2D eigenvalue weighted by atomic mass is 10.1. The molecule has 1 atom stereocenters.